The zero-order chi connectivity index (χ0) is 15.0. The predicted molar refractivity (Wildman–Crippen MR) is 76.8 cm³/mol. The monoisotopic (exact) mass is 286 g/mol. The first-order valence-corrected chi connectivity index (χ1v) is 7.02. The summed E-state index contributed by atoms with van der Waals surface area (Å²) in [5.41, 5.74) is 0.378. The molecule has 0 saturated carbocycles. The summed E-state index contributed by atoms with van der Waals surface area (Å²) in [6.07, 6.45) is 0. The Hall–Kier alpha value is -1.04. The molecule has 0 amide bonds. The minimum Gasteiger partial charge on any atom is -0.383 e. The number of ether oxygens (including phenoxy) is 1. The third-order valence-electron chi connectivity index (χ3n) is 3.31. The van der Waals surface area contributed by atoms with Crippen LogP contribution in [-0.2, 0) is 4.74 Å². The summed E-state index contributed by atoms with van der Waals surface area (Å²) in [4.78, 5) is 2.15. The second kappa shape index (κ2) is 9.00. The quantitative estimate of drug-likeness (QED) is 0.755. The van der Waals surface area contributed by atoms with Gasteiger partial charge >= 0.3 is 0 Å². The smallest absolute Gasteiger partial charge is 0.163 e. The molecule has 0 aliphatic heterocycles. The summed E-state index contributed by atoms with van der Waals surface area (Å²) in [7, 11) is 1.65. The van der Waals surface area contributed by atoms with Crippen molar-refractivity contribution >= 4 is 0 Å². The second-order valence-electron chi connectivity index (χ2n) is 4.64. The fourth-order valence-corrected chi connectivity index (χ4v) is 2.17. The van der Waals surface area contributed by atoms with Gasteiger partial charge in [0.25, 0.3) is 0 Å². The van der Waals surface area contributed by atoms with Crippen molar-refractivity contribution in [2.24, 2.45) is 0 Å². The standard InChI is InChI=1S/C15H24F2N2O/c1-4-18-14(11-19(5-2)9-10-20-3)12-7-6-8-13(16)15(12)17/h6-8,14,18H,4-5,9-11H2,1-3H3. The van der Waals surface area contributed by atoms with Crippen LogP contribution >= 0.6 is 0 Å². The van der Waals surface area contributed by atoms with Crippen LogP contribution in [0.1, 0.15) is 25.5 Å². The number of rotatable bonds is 9. The van der Waals surface area contributed by atoms with Gasteiger partial charge in [-0.25, -0.2) is 8.78 Å². The molecule has 114 valence electrons. The lowest BCUT2D eigenvalue weighted by Crippen LogP contribution is -2.37. The number of halogens is 2. The highest BCUT2D eigenvalue weighted by atomic mass is 19.2. The molecule has 0 saturated heterocycles. The third-order valence-corrected chi connectivity index (χ3v) is 3.31. The van der Waals surface area contributed by atoms with E-state index in [1.54, 1.807) is 19.2 Å². The summed E-state index contributed by atoms with van der Waals surface area (Å²) in [5.74, 6) is -1.56. The van der Waals surface area contributed by atoms with Gasteiger partial charge in [-0.2, -0.15) is 0 Å². The predicted octanol–water partition coefficient (Wildman–Crippen LogP) is 2.58. The normalized spacial score (nSPS) is 12.9. The lowest BCUT2D eigenvalue weighted by atomic mass is 10.1. The molecule has 0 aromatic heterocycles. The Morgan fingerprint density at radius 1 is 1.30 bits per heavy atom. The fourth-order valence-electron chi connectivity index (χ4n) is 2.17. The molecule has 0 fully saturated rings. The number of nitrogens with zero attached hydrogens (tertiary/aromatic N) is 1. The van der Waals surface area contributed by atoms with Gasteiger partial charge in [0.2, 0.25) is 0 Å². The molecule has 20 heavy (non-hydrogen) atoms. The summed E-state index contributed by atoms with van der Waals surface area (Å²) >= 11 is 0. The Balaban J connectivity index is 2.84. The molecular weight excluding hydrogens is 262 g/mol. The Morgan fingerprint density at radius 2 is 2.05 bits per heavy atom. The third kappa shape index (κ3) is 4.81. The van der Waals surface area contributed by atoms with Crippen LogP contribution in [0.3, 0.4) is 0 Å². The van der Waals surface area contributed by atoms with E-state index in [4.69, 9.17) is 4.74 Å². The van der Waals surface area contributed by atoms with Crippen molar-refractivity contribution in [2.45, 2.75) is 19.9 Å². The van der Waals surface area contributed by atoms with Gasteiger partial charge in [0.05, 0.1) is 6.61 Å². The van der Waals surface area contributed by atoms with Crippen LogP contribution in [0.5, 0.6) is 0 Å². The van der Waals surface area contributed by atoms with E-state index in [9.17, 15) is 8.78 Å². The molecule has 1 unspecified atom stereocenters. The first-order valence-electron chi connectivity index (χ1n) is 7.02. The molecule has 1 atom stereocenters. The van der Waals surface area contributed by atoms with E-state index < -0.39 is 11.6 Å². The van der Waals surface area contributed by atoms with Gasteiger partial charge in [-0.15, -0.1) is 0 Å². The lowest BCUT2D eigenvalue weighted by molar-refractivity contribution is 0.143. The van der Waals surface area contributed by atoms with Crippen LogP contribution in [0.2, 0.25) is 0 Å². The molecule has 5 heteroatoms. The average Bonchev–Trinajstić information content (AvgIpc) is 2.45. The topological polar surface area (TPSA) is 24.5 Å². The minimum absolute atomic E-state index is 0.229. The molecule has 1 aromatic carbocycles. The van der Waals surface area contributed by atoms with Crippen molar-refractivity contribution < 1.29 is 13.5 Å². The zero-order valence-electron chi connectivity index (χ0n) is 12.5. The van der Waals surface area contributed by atoms with E-state index in [0.717, 1.165) is 19.2 Å². The molecule has 1 N–H and O–H groups in total. The van der Waals surface area contributed by atoms with Gasteiger partial charge in [0.1, 0.15) is 0 Å². The first-order chi connectivity index (χ1) is 9.63. The largest absolute Gasteiger partial charge is 0.383 e. The highest BCUT2D eigenvalue weighted by Gasteiger charge is 2.19. The van der Waals surface area contributed by atoms with E-state index in [2.05, 4.69) is 10.2 Å². The molecule has 1 aromatic rings. The van der Waals surface area contributed by atoms with Crippen LogP contribution in [0.4, 0.5) is 8.78 Å². The van der Waals surface area contributed by atoms with Crippen molar-refractivity contribution in [1.29, 1.82) is 0 Å². The maximum atomic E-state index is 13.9. The average molecular weight is 286 g/mol. The Morgan fingerprint density at radius 3 is 2.65 bits per heavy atom. The molecular formula is C15H24F2N2O. The lowest BCUT2D eigenvalue weighted by Gasteiger charge is -2.27. The van der Waals surface area contributed by atoms with E-state index in [1.165, 1.54) is 0 Å². The zero-order valence-corrected chi connectivity index (χ0v) is 12.5. The van der Waals surface area contributed by atoms with Gasteiger partial charge < -0.3 is 10.1 Å². The van der Waals surface area contributed by atoms with E-state index in [-0.39, 0.29) is 6.04 Å². The maximum Gasteiger partial charge on any atom is 0.163 e. The van der Waals surface area contributed by atoms with Crippen LogP contribution in [0.25, 0.3) is 0 Å². The second-order valence-corrected chi connectivity index (χ2v) is 4.64. The van der Waals surface area contributed by atoms with Gasteiger partial charge in [0.15, 0.2) is 11.6 Å². The molecule has 0 radical (unpaired) electrons. The summed E-state index contributed by atoms with van der Waals surface area (Å²) in [6.45, 7) is 7.54. The van der Waals surface area contributed by atoms with Crippen LogP contribution in [-0.4, -0.2) is 44.8 Å². The van der Waals surface area contributed by atoms with E-state index >= 15 is 0 Å². The molecule has 0 aliphatic carbocycles. The number of benzene rings is 1. The Labute approximate surface area is 119 Å². The molecule has 0 heterocycles. The summed E-state index contributed by atoms with van der Waals surface area (Å²) in [5, 5.41) is 3.22. The number of hydrogen-bond donors (Lipinski definition) is 1. The van der Waals surface area contributed by atoms with E-state index in [1.807, 2.05) is 13.8 Å². The molecule has 0 bridgehead atoms. The Kier molecular flexibility index (Phi) is 7.65. The summed E-state index contributed by atoms with van der Waals surface area (Å²) in [6, 6.07) is 4.09. The van der Waals surface area contributed by atoms with Gasteiger partial charge in [-0.3, -0.25) is 4.90 Å². The van der Waals surface area contributed by atoms with E-state index in [0.29, 0.717) is 25.3 Å². The van der Waals surface area contributed by atoms with Gasteiger partial charge in [0, 0.05) is 31.8 Å². The maximum absolute atomic E-state index is 13.9. The summed E-state index contributed by atoms with van der Waals surface area (Å²) < 4.78 is 32.4. The van der Waals surface area contributed by atoms with Crippen molar-refractivity contribution in [3.05, 3.63) is 35.4 Å². The fraction of sp³-hybridized carbons (Fsp3) is 0.600. The van der Waals surface area contributed by atoms with Gasteiger partial charge in [-0.05, 0) is 19.2 Å². The molecule has 3 nitrogen and oxygen atoms in total. The number of hydrogen-bond acceptors (Lipinski definition) is 3. The van der Waals surface area contributed by atoms with Crippen LogP contribution < -0.4 is 5.32 Å². The molecule has 1 rings (SSSR count). The molecule has 0 spiro atoms. The van der Waals surface area contributed by atoms with Gasteiger partial charge in [-0.1, -0.05) is 26.0 Å². The van der Waals surface area contributed by atoms with Crippen molar-refractivity contribution in [3.63, 3.8) is 0 Å². The number of likely N-dealkylation sites (N-methyl/N-ethyl adjacent to an activating group) is 2. The van der Waals surface area contributed by atoms with Crippen molar-refractivity contribution in [1.82, 2.24) is 10.2 Å². The first kappa shape index (κ1) is 17.0. The highest BCUT2D eigenvalue weighted by Crippen LogP contribution is 2.20. The van der Waals surface area contributed by atoms with Crippen molar-refractivity contribution in [3.8, 4) is 0 Å². The number of methoxy groups -OCH3 is 1. The SMILES string of the molecule is CCNC(CN(CC)CCOC)c1cccc(F)c1F. The van der Waals surface area contributed by atoms with Crippen LogP contribution in [0, 0.1) is 11.6 Å². The minimum atomic E-state index is -0.801. The Bertz CT molecular complexity index is 401. The van der Waals surface area contributed by atoms with Crippen LogP contribution in [0.15, 0.2) is 18.2 Å². The highest BCUT2D eigenvalue weighted by molar-refractivity contribution is 5.23. The van der Waals surface area contributed by atoms with Crippen molar-refractivity contribution in [2.75, 3.05) is 39.9 Å². The number of nitrogens with one attached hydrogen (secondary N) is 1. The molecule has 0 aliphatic rings.